The van der Waals surface area contributed by atoms with Gasteiger partial charge in [0.1, 0.15) is 0 Å². The number of hydrogen-bond acceptors (Lipinski definition) is 3. The molecule has 0 fully saturated rings. The van der Waals surface area contributed by atoms with E-state index in [1.54, 1.807) is 0 Å². The van der Waals surface area contributed by atoms with Crippen LogP contribution in [0.4, 0.5) is 0 Å². The highest BCUT2D eigenvalue weighted by molar-refractivity contribution is 4.59. The van der Waals surface area contributed by atoms with Gasteiger partial charge in [0, 0.05) is 26.3 Å². The van der Waals surface area contributed by atoms with Gasteiger partial charge in [0.25, 0.3) is 0 Å². The zero-order valence-corrected chi connectivity index (χ0v) is 23.6. The Kier molecular flexibility index (Phi) is 30.8. The summed E-state index contributed by atoms with van der Waals surface area (Å²) in [5, 5.41) is 18.0. The van der Waals surface area contributed by atoms with Gasteiger partial charge < -0.3 is 15.1 Å². The first-order chi connectivity index (χ1) is 16.8. The van der Waals surface area contributed by atoms with Gasteiger partial charge in [0.2, 0.25) is 0 Å². The zero-order valence-electron chi connectivity index (χ0n) is 23.6. The summed E-state index contributed by atoms with van der Waals surface area (Å²) in [5.74, 6) is 0. The summed E-state index contributed by atoms with van der Waals surface area (Å²) in [6.45, 7) is 5.90. The van der Waals surface area contributed by atoms with Crippen LogP contribution >= 0.6 is 0 Å². The molecule has 0 bridgehead atoms. The van der Waals surface area contributed by atoms with E-state index in [0.29, 0.717) is 0 Å². The highest BCUT2D eigenvalue weighted by Crippen LogP contribution is 2.15. The lowest BCUT2D eigenvalue weighted by atomic mass is 10.0. The molecule has 0 spiro atoms. The fourth-order valence-electron chi connectivity index (χ4n) is 5.04. The smallest absolute Gasteiger partial charge is 0.0443 e. The molecular formula is C31H65NO2. The van der Waals surface area contributed by atoms with Gasteiger partial charge in [0.15, 0.2) is 0 Å². The van der Waals surface area contributed by atoms with Crippen LogP contribution in [0.5, 0.6) is 0 Å². The Morgan fingerprint density at radius 2 is 0.559 bits per heavy atom. The van der Waals surface area contributed by atoms with E-state index >= 15 is 0 Å². The third-order valence-corrected chi connectivity index (χ3v) is 7.34. The monoisotopic (exact) mass is 484 g/mol. The number of rotatable bonds is 30. The van der Waals surface area contributed by atoms with Crippen molar-refractivity contribution in [1.82, 2.24) is 4.90 Å². The molecule has 0 atom stereocenters. The van der Waals surface area contributed by atoms with Crippen molar-refractivity contribution in [3.8, 4) is 0 Å². The highest BCUT2D eigenvalue weighted by atomic mass is 16.3. The van der Waals surface area contributed by atoms with Crippen LogP contribution in [0.1, 0.15) is 167 Å². The predicted octanol–water partition coefficient (Wildman–Crippen LogP) is 9.05. The summed E-state index contributed by atoms with van der Waals surface area (Å²) in [7, 11) is 0. The summed E-state index contributed by atoms with van der Waals surface area (Å²) in [6, 6.07) is 0. The second kappa shape index (κ2) is 30.9. The first kappa shape index (κ1) is 33.9. The summed E-state index contributed by atoms with van der Waals surface area (Å²) >= 11 is 0. The summed E-state index contributed by atoms with van der Waals surface area (Å²) in [6.07, 6.45) is 34.6. The van der Waals surface area contributed by atoms with Gasteiger partial charge in [-0.2, -0.15) is 0 Å². The molecule has 0 saturated heterocycles. The standard InChI is InChI=1S/C31H65NO2/c1-2-3-4-5-6-7-8-9-10-11-12-13-14-15-16-17-18-19-20-21-22-23-24-27-32(28-25-30-33)29-26-31-34/h33-34H,2-31H2,1H3. The first-order valence-corrected chi connectivity index (χ1v) is 15.8. The van der Waals surface area contributed by atoms with Gasteiger partial charge in [-0.05, 0) is 25.8 Å². The van der Waals surface area contributed by atoms with E-state index < -0.39 is 0 Å². The van der Waals surface area contributed by atoms with E-state index in [1.807, 2.05) is 0 Å². The van der Waals surface area contributed by atoms with E-state index in [0.717, 1.165) is 32.5 Å². The average Bonchev–Trinajstić information content (AvgIpc) is 2.85. The SMILES string of the molecule is CCCCCCCCCCCCCCCCCCCCCCCCCN(CCCO)CCCO. The molecule has 3 heteroatoms. The number of aliphatic hydroxyl groups is 2. The minimum Gasteiger partial charge on any atom is -0.396 e. The van der Waals surface area contributed by atoms with Crippen LogP contribution in [0.25, 0.3) is 0 Å². The highest BCUT2D eigenvalue weighted by Gasteiger charge is 2.04. The Labute approximate surface area is 215 Å². The average molecular weight is 484 g/mol. The van der Waals surface area contributed by atoms with Crippen LogP contribution in [-0.4, -0.2) is 48.0 Å². The summed E-state index contributed by atoms with van der Waals surface area (Å²) in [4.78, 5) is 2.41. The molecule has 0 amide bonds. The molecule has 3 nitrogen and oxygen atoms in total. The van der Waals surface area contributed by atoms with Crippen LogP contribution < -0.4 is 0 Å². The molecule has 2 N–H and O–H groups in total. The number of aliphatic hydroxyl groups excluding tert-OH is 2. The summed E-state index contributed by atoms with van der Waals surface area (Å²) in [5.41, 5.74) is 0. The van der Waals surface area contributed by atoms with Gasteiger partial charge in [-0.3, -0.25) is 0 Å². The van der Waals surface area contributed by atoms with Gasteiger partial charge in [-0.1, -0.05) is 148 Å². The molecule has 0 saturated carbocycles. The maximum atomic E-state index is 9.02. The van der Waals surface area contributed by atoms with Gasteiger partial charge in [0.05, 0.1) is 0 Å². The Hall–Kier alpha value is -0.120. The van der Waals surface area contributed by atoms with Crippen LogP contribution in [0.15, 0.2) is 0 Å². The van der Waals surface area contributed by atoms with Crippen molar-refractivity contribution in [1.29, 1.82) is 0 Å². The molecule has 34 heavy (non-hydrogen) atoms. The van der Waals surface area contributed by atoms with E-state index in [4.69, 9.17) is 10.2 Å². The molecule has 0 aromatic heterocycles. The van der Waals surface area contributed by atoms with E-state index in [-0.39, 0.29) is 13.2 Å². The Morgan fingerprint density at radius 1 is 0.324 bits per heavy atom. The fraction of sp³-hybridized carbons (Fsp3) is 1.00. The van der Waals surface area contributed by atoms with Crippen molar-refractivity contribution >= 4 is 0 Å². The van der Waals surface area contributed by atoms with Gasteiger partial charge >= 0.3 is 0 Å². The van der Waals surface area contributed by atoms with Crippen molar-refractivity contribution in [2.24, 2.45) is 0 Å². The van der Waals surface area contributed by atoms with Gasteiger partial charge in [-0.25, -0.2) is 0 Å². The fourth-order valence-corrected chi connectivity index (χ4v) is 5.04. The third kappa shape index (κ3) is 28.1. The molecule has 0 aliphatic heterocycles. The van der Waals surface area contributed by atoms with Crippen LogP contribution in [0, 0.1) is 0 Å². The molecular weight excluding hydrogens is 418 g/mol. The molecule has 0 rings (SSSR count). The largest absolute Gasteiger partial charge is 0.396 e. The normalized spacial score (nSPS) is 11.6. The molecule has 0 aliphatic rings. The van der Waals surface area contributed by atoms with Crippen molar-refractivity contribution in [2.75, 3.05) is 32.8 Å². The quantitative estimate of drug-likeness (QED) is 0.100. The van der Waals surface area contributed by atoms with Crippen molar-refractivity contribution in [2.45, 2.75) is 167 Å². The molecule has 0 aromatic carbocycles. The van der Waals surface area contributed by atoms with Crippen LogP contribution in [0.3, 0.4) is 0 Å². The van der Waals surface area contributed by atoms with Crippen LogP contribution in [0.2, 0.25) is 0 Å². The van der Waals surface area contributed by atoms with E-state index in [1.165, 1.54) is 148 Å². The first-order valence-electron chi connectivity index (χ1n) is 15.8. The second-order valence-corrected chi connectivity index (χ2v) is 10.8. The zero-order chi connectivity index (χ0) is 24.8. The third-order valence-electron chi connectivity index (χ3n) is 7.34. The topological polar surface area (TPSA) is 43.7 Å². The van der Waals surface area contributed by atoms with Crippen molar-refractivity contribution < 1.29 is 10.2 Å². The number of unbranched alkanes of at least 4 members (excludes halogenated alkanes) is 22. The van der Waals surface area contributed by atoms with Crippen molar-refractivity contribution in [3.63, 3.8) is 0 Å². The molecule has 0 aromatic rings. The van der Waals surface area contributed by atoms with Gasteiger partial charge in [-0.15, -0.1) is 0 Å². The minimum atomic E-state index is 0.273. The lowest BCUT2D eigenvalue weighted by Gasteiger charge is -2.21. The lowest BCUT2D eigenvalue weighted by Crippen LogP contribution is -2.28. The second-order valence-electron chi connectivity index (χ2n) is 10.8. The Bertz CT molecular complexity index is 342. The molecule has 206 valence electrons. The maximum Gasteiger partial charge on any atom is 0.0443 e. The molecule has 0 unspecified atom stereocenters. The number of nitrogens with zero attached hydrogens (tertiary/aromatic N) is 1. The Morgan fingerprint density at radius 3 is 0.824 bits per heavy atom. The Balaban J connectivity index is 3.18. The van der Waals surface area contributed by atoms with E-state index in [9.17, 15) is 0 Å². The predicted molar refractivity (Wildman–Crippen MR) is 152 cm³/mol. The maximum absolute atomic E-state index is 9.02. The van der Waals surface area contributed by atoms with Crippen LogP contribution in [-0.2, 0) is 0 Å². The molecule has 0 aliphatic carbocycles. The number of hydrogen-bond donors (Lipinski definition) is 2. The molecule has 0 heterocycles. The molecule has 0 radical (unpaired) electrons. The lowest BCUT2D eigenvalue weighted by molar-refractivity contribution is 0.199. The summed E-state index contributed by atoms with van der Waals surface area (Å²) < 4.78 is 0. The van der Waals surface area contributed by atoms with Crippen molar-refractivity contribution in [3.05, 3.63) is 0 Å². The minimum absolute atomic E-state index is 0.273. The van der Waals surface area contributed by atoms with E-state index in [2.05, 4.69) is 11.8 Å².